The Morgan fingerprint density at radius 3 is 3.16 bits per heavy atom. The smallest absolute Gasteiger partial charge is 0.226 e. The van der Waals surface area contributed by atoms with Crippen LogP contribution in [0.2, 0.25) is 0 Å². The Hall–Kier alpha value is -1.40. The minimum absolute atomic E-state index is 0.0107. The molecule has 0 saturated carbocycles. The van der Waals surface area contributed by atoms with E-state index >= 15 is 0 Å². The predicted octanol–water partition coefficient (Wildman–Crippen LogP) is 0.995. The third-order valence-corrected chi connectivity index (χ3v) is 3.46. The van der Waals surface area contributed by atoms with Gasteiger partial charge in [0.1, 0.15) is 5.76 Å². The molecule has 0 aliphatic carbocycles. The van der Waals surface area contributed by atoms with Crippen molar-refractivity contribution in [1.82, 2.24) is 15.4 Å². The molecule has 2 heterocycles. The van der Waals surface area contributed by atoms with Gasteiger partial charge in [-0.05, 0) is 33.4 Å². The van der Waals surface area contributed by atoms with E-state index < -0.39 is 0 Å². The summed E-state index contributed by atoms with van der Waals surface area (Å²) in [6.07, 6.45) is 2.92. The van der Waals surface area contributed by atoms with Crippen LogP contribution in [0.25, 0.3) is 0 Å². The lowest BCUT2D eigenvalue weighted by atomic mass is 10.2. The van der Waals surface area contributed by atoms with Crippen molar-refractivity contribution < 1.29 is 9.32 Å². The lowest BCUT2D eigenvalue weighted by Gasteiger charge is -2.23. The summed E-state index contributed by atoms with van der Waals surface area (Å²) < 4.78 is 4.91. The predicted molar refractivity (Wildman–Crippen MR) is 73.0 cm³/mol. The van der Waals surface area contributed by atoms with E-state index in [0.717, 1.165) is 19.6 Å². The zero-order valence-electron chi connectivity index (χ0n) is 11.6. The number of amides is 1. The van der Waals surface area contributed by atoms with E-state index in [1.165, 1.54) is 12.8 Å². The largest absolute Gasteiger partial charge is 0.360 e. The molecule has 106 valence electrons. The van der Waals surface area contributed by atoms with Gasteiger partial charge < -0.3 is 15.2 Å². The van der Waals surface area contributed by atoms with Gasteiger partial charge in [-0.25, -0.2) is 0 Å². The summed E-state index contributed by atoms with van der Waals surface area (Å²) in [6, 6.07) is 2.28. The normalized spacial score (nSPS) is 19.8. The molecule has 2 rings (SSSR count). The van der Waals surface area contributed by atoms with Crippen molar-refractivity contribution in [2.45, 2.75) is 32.2 Å². The molecule has 1 aliphatic heterocycles. The summed E-state index contributed by atoms with van der Waals surface area (Å²) >= 11 is 0. The molecular formula is C13H22N4O2. The van der Waals surface area contributed by atoms with Crippen LogP contribution < -0.4 is 10.6 Å². The van der Waals surface area contributed by atoms with Crippen molar-refractivity contribution in [1.29, 1.82) is 0 Å². The van der Waals surface area contributed by atoms with Gasteiger partial charge in [0.2, 0.25) is 5.91 Å². The van der Waals surface area contributed by atoms with Crippen molar-refractivity contribution in [2.75, 3.05) is 32.0 Å². The SMILES string of the molecule is CNCC1CCCN1CCC(=O)Nc1cc(C)on1. The quantitative estimate of drug-likeness (QED) is 0.803. The zero-order valence-corrected chi connectivity index (χ0v) is 11.6. The Morgan fingerprint density at radius 2 is 2.47 bits per heavy atom. The Kier molecular flexibility index (Phi) is 4.93. The number of aromatic nitrogens is 1. The highest BCUT2D eigenvalue weighted by atomic mass is 16.5. The second-order valence-corrected chi connectivity index (χ2v) is 5.01. The van der Waals surface area contributed by atoms with Crippen LogP contribution in [0.1, 0.15) is 25.0 Å². The van der Waals surface area contributed by atoms with Crippen LogP contribution in [0.15, 0.2) is 10.6 Å². The number of carbonyl (C=O) groups is 1. The molecule has 1 aliphatic rings. The van der Waals surface area contributed by atoms with Crippen LogP contribution >= 0.6 is 0 Å². The monoisotopic (exact) mass is 266 g/mol. The molecule has 19 heavy (non-hydrogen) atoms. The first-order chi connectivity index (χ1) is 9.19. The van der Waals surface area contributed by atoms with E-state index in [1.54, 1.807) is 13.0 Å². The topological polar surface area (TPSA) is 70.4 Å². The third kappa shape index (κ3) is 4.04. The Morgan fingerprint density at radius 1 is 1.63 bits per heavy atom. The maximum absolute atomic E-state index is 11.8. The van der Waals surface area contributed by atoms with Gasteiger partial charge in [-0.3, -0.25) is 9.69 Å². The number of nitrogens with zero attached hydrogens (tertiary/aromatic N) is 2. The molecule has 0 bridgehead atoms. The highest BCUT2D eigenvalue weighted by Gasteiger charge is 2.23. The number of nitrogens with one attached hydrogen (secondary N) is 2. The number of aryl methyl sites for hydroxylation is 1. The van der Waals surface area contributed by atoms with E-state index in [0.29, 0.717) is 24.0 Å². The fraction of sp³-hybridized carbons (Fsp3) is 0.692. The van der Waals surface area contributed by atoms with Gasteiger partial charge >= 0.3 is 0 Å². The minimum Gasteiger partial charge on any atom is -0.360 e. The number of carbonyl (C=O) groups excluding carboxylic acids is 1. The fourth-order valence-corrected chi connectivity index (χ4v) is 2.53. The van der Waals surface area contributed by atoms with Crippen LogP contribution in [-0.2, 0) is 4.79 Å². The molecular weight excluding hydrogens is 244 g/mol. The van der Waals surface area contributed by atoms with E-state index in [4.69, 9.17) is 4.52 Å². The molecule has 0 spiro atoms. The first kappa shape index (κ1) is 14.0. The summed E-state index contributed by atoms with van der Waals surface area (Å²) in [4.78, 5) is 14.2. The lowest BCUT2D eigenvalue weighted by molar-refractivity contribution is -0.116. The van der Waals surface area contributed by atoms with Gasteiger partial charge in [0.15, 0.2) is 5.82 Å². The standard InChI is InChI=1S/C13H22N4O2/c1-10-8-12(16-19-10)15-13(18)5-7-17-6-3-4-11(17)9-14-2/h8,11,14H,3-7,9H2,1-2H3,(H,15,16,18). The molecule has 1 unspecified atom stereocenters. The van der Waals surface area contributed by atoms with Gasteiger partial charge in [0.25, 0.3) is 0 Å². The summed E-state index contributed by atoms with van der Waals surface area (Å²) in [6.45, 7) is 4.68. The molecule has 1 fully saturated rings. The van der Waals surface area contributed by atoms with Crippen molar-refractivity contribution in [3.8, 4) is 0 Å². The molecule has 1 atom stereocenters. The molecule has 2 N–H and O–H groups in total. The number of anilines is 1. The number of rotatable bonds is 6. The number of hydrogen-bond donors (Lipinski definition) is 2. The highest BCUT2D eigenvalue weighted by molar-refractivity contribution is 5.89. The first-order valence-corrected chi connectivity index (χ1v) is 6.81. The Bertz CT molecular complexity index is 419. The number of likely N-dealkylation sites (N-methyl/N-ethyl adjacent to an activating group) is 1. The van der Waals surface area contributed by atoms with Crippen molar-refractivity contribution in [3.63, 3.8) is 0 Å². The van der Waals surface area contributed by atoms with E-state index in [2.05, 4.69) is 20.7 Å². The Balaban J connectivity index is 1.74. The van der Waals surface area contributed by atoms with Crippen molar-refractivity contribution in [3.05, 3.63) is 11.8 Å². The van der Waals surface area contributed by atoms with Crippen LogP contribution in [0, 0.1) is 6.92 Å². The Labute approximate surface area is 113 Å². The summed E-state index contributed by atoms with van der Waals surface area (Å²) in [7, 11) is 1.97. The van der Waals surface area contributed by atoms with Gasteiger partial charge in [-0.2, -0.15) is 0 Å². The molecule has 6 heteroatoms. The average molecular weight is 266 g/mol. The third-order valence-electron chi connectivity index (χ3n) is 3.46. The molecule has 0 aromatic carbocycles. The van der Waals surface area contributed by atoms with Crippen LogP contribution in [-0.4, -0.2) is 48.7 Å². The summed E-state index contributed by atoms with van der Waals surface area (Å²) in [5.74, 6) is 1.18. The first-order valence-electron chi connectivity index (χ1n) is 6.81. The molecule has 1 aromatic rings. The summed E-state index contributed by atoms with van der Waals surface area (Å²) in [5, 5.41) is 9.70. The van der Waals surface area contributed by atoms with Crippen molar-refractivity contribution in [2.24, 2.45) is 0 Å². The average Bonchev–Trinajstić information content (AvgIpc) is 2.97. The van der Waals surface area contributed by atoms with E-state index in [-0.39, 0.29) is 5.91 Å². The molecule has 1 amide bonds. The maximum atomic E-state index is 11.8. The molecule has 6 nitrogen and oxygen atoms in total. The minimum atomic E-state index is -0.0107. The second kappa shape index (κ2) is 6.68. The lowest BCUT2D eigenvalue weighted by Crippen LogP contribution is -2.38. The van der Waals surface area contributed by atoms with Crippen molar-refractivity contribution >= 4 is 11.7 Å². The number of likely N-dealkylation sites (tertiary alicyclic amines) is 1. The van der Waals surface area contributed by atoms with Crippen LogP contribution in [0.5, 0.6) is 0 Å². The van der Waals surface area contributed by atoms with Gasteiger partial charge in [0.05, 0.1) is 0 Å². The fourth-order valence-electron chi connectivity index (χ4n) is 2.53. The van der Waals surface area contributed by atoms with Crippen LogP contribution in [0.3, 0.4) is 0 Å². The van der Waals surface area contributed by atoms with Gasteiger partial charge in [0, 0.05) is 31.6 Å². The molecule has 1 aromatic heterocycles. The molecule has 0 radical (unpaired) electrons. The van der Waals surface area contributed by atoms with Gasteiger partial charge in [-0.1, -0.05) is 5.16 Å². The maximum Gasteiger partial charge on any atom is 0.226 e. The highest BCUT2D eigenvalue weighted by Crippen LogP contribution is 2.16. The second-order valence-electron chi connectivity index (χ2n) is 5.01. The zero-order chi connectivity index (χ0) is 13.7. The van der Waals surface area contributed by atoms with Crippen LogP contribution in [0.4, 0.5) is 5.82 Å². The number of hydrogen-bond acceptors (Lipinski definition) is 5. The van der Waals surface area contributed by atoms with Gasteiger partial charge in [-0.15, -0.1) is 0 Å². The summed E-state index contributed by atoms with van der Waals surface area (Å²) in [5.41, 5.74) is 0. The van der Waals surface area contributed by atoms with E-state index in [1.807, 2.05) is 7.05 Å². The van der Waals surface area contributed by atoms with E-state index in [9.17, 15) is 4.79 Å². The molecule has 1 saturated heterocycles.